The van der Waals surface area contributed by atoms with Crippen molar-refractivity contribution >= 4 is 10.9 Å². The monoisotopic (exact) mass is 410 g/mol. The zero-order valence-electron chi connectivity index (χ0n) is 18.5. The fraction of sp³-hybridized carbons (Fsp3) is 0.308. The second kappa shape index (κ2) is 7.89. The van der Waals surface area contributed by atoms with Crippen molar-refractivity contribution in [3.05, 3.63) is 72.5 Å². The average molecular weight is 411 g/mol. The number of nitrogens with zero attached hydrogens (tertiary/aromatic N) is 5. The lowest BCUT2D eigenvalue weighted by atomic mass is 9.94. The molecule has 0 bridgehead atoms. The number of benzene rings is 1. The highest BCUT2D eigenvalue weighted by atomic mass is 15.3. The molecule has 5 rings (SSSR count). The molecular weight excluding hydrogens is 382 g/mol. The molecule has 31 heavy (non-hydrogen) atoms. The van der Waals surface area contributed by atoms with Gasteiger partial charge >= 0.3 is 0 Å². The van der Waals surface area contributed by atoms with Crippen LogP contribution >= 0.6 is 0 Å². The van der Waals surface area contributed by atoms with Crippen molar-refractivity contribution in [1.29, 1.82) is 0 Å². The molecule has 0 saturated carbocycles. The molecule has 3 aromatic heterocycles. The number of rotatable bonds is 5. The van der Waals surface area contributed by atoms with Crippen LogP contribution in [0.15, 0.2) is 48.7 Å². The van der Waals surface area contributed by atoms with E-state index in [0.717, 1.165) is 53.8 Å². The van der Waals surface area contributed by atoms with E-state index in [1.165, 1.54) is 22.4 Å². The number of hydrogen-bond acceptors (Lipinski definition) is 4. The van der Waals surface area contributed by atoms with Crippen LogP contribution in [0.1, 0.15) is 35.8 Å². The summed E-state index contributed by atoms with van der Waals surface area (Å²) in [6.07, 6.45) is 4.92. The third-order valence-electron chi connectivity index (χ3n) is 6.29. The van der Waals surface area contributed by atoms with E-state index >= 15 is 0 Å². The summed E-state index contributed by atoms with van der Waals surface area (Å²) in [6, 6.07) is 15.2. The maximum Gasteiger partial charge on any atom is 0.119 e. The number of aromatic nitrogens is 4. The molecule has 0 saturated heterocycles. The zero-order valence-corrected chi connectivity index (χ0v) is 18.5. The Hall–Kier alpha value is -3.05. The van der Waals surface area contributed by atoms with Gasteiger partial charge < -0.3 is 4.90 Å². The van der Waals surface area contributed by atoms with Crippen molar-refractivity contribution in [2.75, 3.05) is 14.1 Å². The van der Waals surface area contributed by atoms with Gasteiger partial charge in [0.05, 0.1) is 11.2 Å². The van der Waals surface area contributed by atoms with Gasteiger partial charge in [0.15, 0.2) is 0 Å². The third kappa shape index (κ3) is 3.43. The van der Waals surface area contributed by atoms with Crippen molar-refractivity contribution in [1.82, 2.24) is 24.6 Å². The fourth-order valence-electron chi connectivity index (χ4n) is 4.78. The first-order chi connectivity index (χ1) is 15.1. The molecular formula is C26H28N5. The van der Waals surface area contributed by atoms with Crippen LogP contribution in [0.3, 0.4) is 0 Å². The van der Waals surface area contributed by atoms with Crippen LogP contribution in [0.25, 0.3) is 33.4 Å². The van der Waals surface area contributed by atoms with Crippen LogP contribution in [-0.2, 0) is 13.0 Å². The van der Waals surface area contributed by atoms with E-state index in [1.807, 2.05) is 19.2 Å². The van der Waals surface area contributed by atoms with Crippen LogP contribution in [0, 0.1) is 13.8 Å². The molecule has 1 aromatic carbocycles. The first-order valence-electron chi connectivity index (χ1n) is 10.9. The van der Waals surface area contributed by atoms with Gasteiger partial charge in [-0.3, -0.25) is 14.6 Å². The van der Waals surface area contributed by atoms with Gasteiger partial charge in [0, 0.05) is 41.1 Å². The average Bonchev–Trinajstić information content (AvgIpc) is 3.35. The fourth-order valence-corrected chi connectivity index (χ4v) is 4.78. The highest BCUT2D eigenvalue weighted by Crippen LogP contribution is 2.40. The highest BCUT2D eigenvalue weighted by Gasteiger charge is 2.26. The van der Waals surface area contributed by atoms with Gasteiger partial charge in [-0.15, -0.1) is 0 Å². The Balaban J connectivity index is 1.71. The summed E-state index contributed by atoms with van der Waals surface area (Å²) in [4.78, 5) is 11.7. The van der Waals surface area contributed by atoms with Crippen LogP contribution in [0.4, 0.5) is 0 Å². The van der Waals surface area contributed by atoms with Crippen LogP contribution in [0.2, 0.25) is 0 Å². The lowest BCUT2D eigenvalue weighted by molar-refractivity contribution is 0.301. The largest absolute Gasteiger partial charge is 0.302 e. The standard InChI is InChI=1S/C26H28N5/c1-5-23(30(3)4)18-11-12-19-20(13-14-27-22(19)16-18)25-24-10-7-15-31(24)29-26(25)21-9-6-8-17(2)28-21/h6,8-9,11-14,16,23H,1,5,7,10,15H2,2-4H3. The molecule has 5 heteroatoms. The molecule has 1 atom stereocenters. The van der Waals surface area contributed by atoms with Crippen LogP contribution < -0.4 is 0 Å². The second-order valence-corrected chi connectivity index (χ2v) is 8.56. The SMILES string of the molecule is [CH2]CC(c1ccc2c(-c3c(-c4cccc(C)n4)nn4c3CCC4)ccnc2c1)N(C)C. The normalized spacial score (nSPS) is 14.4. The predicted octanol–water partition coefficient (Wildman–Crippen LogP) is 5.24. The van der Waals surface area contributed by atoms with Crippen molar-refractivity contribution in [2.24, 2.45) is 0 Å². The molecule has 4 aromatic rings. The smallest absolute Gasteiger partial charge is 0.119 e. The highest BCUT2D eigenvalue weighted by molar-refractivity contribution is 5.99. The van der Waals surface area contributed by atoms with Crippen molar-refractivity contribution < 1.29 is 0 Å². The topological polar surface area (TPSA) is 46.8 Å². The van der Waals surface area contributed by atoms with Crippen molar-refractivity contribution in [3.63, 3.8) is 0 Å². The zero-order chi connectivity index (χ0) is 21.5. The molecule has 0 amide bonds. The van der Waals surface area contributed by atoms with Gasteiger partial charge in [-0.2, -0.15) is 5.10 Å². The molecule has 5 nitrogen and oxygen atoms in total. The Labute approximate surface area is 183 Å². The minimum atomic E-state index is 0.280. The summed E-state index contributed by atoms with van der Waals surface area (Å²) in [5, 5.41) is 6.14. The summed E-state index contributed by atoms with van der Waals surface area (Å²) in [7, 11) is 4.20. The lowest BCUT2D eigenvalue weighted by Gasteiger charge is -2.23. The summed E-state index contributed by atoms with van der Waals surface area (Å²) < 4.78 is 2.17. The van der Waals surface area contributed by atoms with Crippen LogP contribution in [-0.4, -0.2) is 38.7 Å². The number of pyridine rings is 2. The Bertz CT molecular complexity index is 1250. The Morgan fingerprint density at radius 3 is 2.81 bits per heavy atom. The van der Waals surface area contributed by atoms with E-state index in [4.69, 9.17) is 15.1 Å². The van der Waals surface area contributed by atoms with Gasteiger partial charge in [-0.1, -0.05) is 25.1 Å². The maximum atomic E-state index is 4.99. The van der Waals surface area contributed by atoms with E-state index in [2.05, 4.69) is 67.0 Å². The second-order valence-electron chi connectivity index (χ2n) is 8.56. The Kier molecular flexibility index (Phi) is 5.06. The number of hydrogen-bond donors (Lipinski definition) is 0. The molecule has 0 aliphatic carbocycles. The first-order valence-corrected chi connectivity index (χ1v) is 10.9. The minimum absolute atomic E-state index is 0.280. The van der Waals surface area contributed by atoms with Crippen LogP contribution in [0.5, 0.6) is 0 Å². The molecule has 1 radical (unpaired) electrons. The summed E-state index contributed by atoms with van der Waals surface area (Å²) in [5.74, 6) is 0. The molecule has 4 heterocycles. The van der Waals surface area contributed by atoms with E-state index in [1.54, 1.807) is 0 Å². The lowest BCUT2D eigenvalue weighted by Crippen LogP contribution is -2.19. The molecule has 0 N–H and O–H groups in total. The maximum absolute atomic E-state index is 4.99. The van der Waals surface area contributed by atoms with E-state index in [-0.39, 0.29) is 6.04 Å². The third-order valence-corrected chi connectivity index (χ3v) is 6.29. The number of fused-ring (bicyclic) bond motifs is 2. The van der Waals surface area contributed by atoms with Crippen molar-refractivity contribution in [2.45, 2.75) is 38.8 Å². The Morgan fingerprint density at radius 1 is 1.16 bits per heavy atom. The van der Waals surface area contributed by atoms with E-state index in [0.29, 0.717) is 0 Å². The van der Waals surface area contributed by atoms with E-state index in [9.17, 15) is 0 Å². The van der Waals surface area contributed by atoms with E-state index < -0.39 is 0 Å². The van der Waals surface area contributed by atoms with Crippen molar-refractivity contribution in [3.8, 4) is 22.5 Å². The number of aryl methyl sites for hydroxylation is 2. The minimum Gasteiger partial charge on any atom is -0.302 e. The predicted molar refractivity (Wildman–Crippen MR) is 126 cm³/mol. The first kappa shape index (κ1) is 19.9. The van der Waals surface area contributed by atoms with Gasteiger partial charge in [0.2, 0.25) is 0 Å². The molecule has 0 fully saturated rings. The quantitative estimate of drug-likeness (QED) is 0.451. The molecule has 1 aliphatic rings. The van der Waals surface area contributed by atoms with Gasteiger partial charge in [-0.05, 0) is 75.7 Å². The summed E-state index contributed by atoms with van der Waals surface area (Å²) in [5.41, 5.74) is 8.87. The molecule has 1 unspecified atom stereocenters. The summed E-state index contributed by atoms with van der Waals surface area (Å²) >= 11 is 0. The summed E-state index contributed by atoms with van der Waals surface area (Å²) in [6.45, 7) is 7.13. The van der Waals surface area contributed by atoms with Gasteiger partial charge in [-0.25, -0.2) is 0 Å². The van der Waals surface area contributed by atoms with Gasteiger partial charge in [0.1, 0.15) is 5.69 Å². The Morgan fingerprint density at radius 2 is 2.03 bits per heavy atom. The van der Waals surface area contributed by atoms with Gasteiger partial charge in [0.25, 0.3) is 0 Å². The molecule has 1 aliphatic heterocycles. The molecule has 0 spiro atoms. The molecule has 157 valence electrons.